The third-order valence-electron chi connectivity index (χ3n) is 2.72. The maximum absolute atomic E-state index is 11.4. The first-order valence-electron chi connectivity index (χ1n) is 6.58. The second-order valence-electron chi connectivity index (χ2n) is 4.15. The summed E-state index contributed by atoms with van der Waals surface area (Å²) in [5, 5.41) is 2.80. The Balaban J connectivity index is 1.89. The first-order valence-corrected chi connectivity index (χ1v) is 6.58. The summed E-state index contributed by atoms with van der Waals surface area (Å²) >= 11 is 0. The van der Waals surface area contributed by atoms with Crippen LogP contribution >= 0.6 is 0 Å². The SMILES string of the molecule is CCOCC(=O)NCCn1ccnc1-c1ccccn1. The predicted octanol–water partition coefficient (Wildman–Crippen LogP) is 1.10. The normalized spacial score (nSPS) is 10.4. The zero-order valence-corrected chi connectivity index (χ0v) is 11.5. The molecular formula is C14H18N4O2. The van der Waals surface area contributed by atoms with E-state index in [4.69, 9.17) is 4.74 Å². The Labute approximate surface area is 117 Å². The van der Waals surface area contributed by atoms with E-state index in [9.17, 15) is 4.79 Å². The van der Waals surface area contributed by atoms with Gasteiger partial charge in [-0.05, 0) is 19.1 Å². The highest BCUT2D eigenvalue weighted by atomic mass is 16.5. The molecule has 20 heavy (non-hydrogen) atoms. The summed E-state index contributed by atoms with van der Waals surface area (Å²) in [5.74, 6) is 0.691. The molecule has 2 heterocycles. The van der Waals surface area contributed by atoms with Crippen LogP contribution in [0.5, 0.6) is 0 Å². The zero-order chi connectivity index (χ0) is 14.2. The number of imidazole rings is 1. The average molecular weight is 274 g/mol. The Morgan fingerprint density at radius 2 is 2.25 bits per heavy atom. The first-order chi connectivity index (χ1) is 9.81. The number of aromatic nitrogens is 3. The minimum absolute atomic E-state index is 0.105. The molecule has 0 spiro atoms. The first kappa shape index (κ1) is 14.2. The quantitative estimate of drug-likeness (QED) is 0.821. The number of nitrogens with one attached hydrogen (secondary N) is 1. The lowest BCUT2D eigenvalue weighted by Gasteiger charge is -2.08. The van der Waals surface area contributed by atoms with Gasteiger partial charge in [-0.15, -0.1) is 0 Å². The van der Waals surface area contributed by atoms with Crippen LogP contribution < -0.4 is 5.32 Å². The Kier molecular flexibility index (Phi) is 5.25. The molecule has 0 atom stereocenters. The van der Waals surface area contributed by atoms with Crippen molar-refractivity contribution in [2.45, 2.75) is 13.5 Å². The second kappa shape index (κ2) is 7.40. The highest BCUT2D eigenvalue weighted by Crippen LogP contribution is 2.13. The van der Waals surface area contributed by atoms with Crippen molar-refractivity contribution < 1.29 is 9.53 Å². The summed E-state index contributed by atoms with van der Waals surface area (Å²) in [7, 11) is 0. The highest BCUT2D eigenvalue weighted by molar-refractivity contribution is 5.77. The topological polar surface area (TPSA) is 69.0 Å². The van der Waals surface area contributed by atoms with Crippen LogP contribution in [-0.4, -0.2) is 40.2 Å². The van der Waals surface area contributed by atoms with Crippen molar-refractivity contribution in [1.29, 1.82) is 0 Å². The lowest BCUT2D eigenvalue weighted by atomic mass is 10.3. The zero-order valence-electron chi connectivity index (χ0n) is 11.5. The van der Waals surface area contributed by atoms with Crippen molar-refractivity contribution >= 4 is 5.91 Å². The summed E-state index contributed by atoms with van der Waals surface area (Å²) < 4.78 is 7.00. The Morgan fingerprint density at radius 3 is 3.00 bits per heavy atom. The second-order valence-corrected chi connectivity index (χ2v) is 4.15. The van der Waals surface area contributed by atoms with E-state index >= 15 is 0 Å². The number of hydrogen-bond acceptors (Lipinski definition) is 4. The summed E-state index contributed by atoms with van der Waals surface area (Å²) in [5.41, 5.74) is 0.818. The van der Waals surface area contributed by atoms with E-state index in [1.807, 2.05) is 35.9 Å². The number of hydrogen-bond donors (Lipinski definition) is 1. The van der Waals surface area contributed by atoms with Crippen LogP contribution in [0.2, 0.25) is 0 Å². The molecule has 0 saturated carbocycles. The van der Waals surface area contributed by atoms with Crippen LogP contribution in [0.4, 0.5) is 0 Å². The maximum atomic E-state index is 11.4. The summed E-state index contributed by atoms with van der Waals surface area (Å²) in [6.07, 6.45) is 5.34. The Morgan fingerprint density at radius 1 is 1.35 bits per heavy atom. The fourth-order valence-electron chi connectivity index (χ4n) is 1.78. The molecule has 6 heteroatoms. The molecule has 0 fully saturated rings. The van der Waals surface area contributed by atoms with Gasteiger partial charge in [0.1, 0.15) is 12.3 Å². The van der Waals surface area contributed by atoms with Crippen molar-refractivity contribution in [3.8, 4) is 11.5 Å². The van der Waals surface area contributed by atoms with E-state index in [1.54, 1.807) is 12.4 Å². The molecule has 2 aromatic rings. The number of pyridine rings is 1. The highest BCUT2D eigenvalue weighted by Gasteiger charge is 2.07. The van der Waals surface area contributed by atoms with E-state index in [0.717, 1.165) is 11.5 Å². The number of carbonyl (C=O) groups excluding carboxylic acids is 1. The van der Waals surface area contributed by atoms with Crippen LogP contribution in [0.3, 0.4) is 0 Å². The molecule has 0 saturated heterocycles. The van der Waals surface area contributed by atoms with Crippen LogP contribution in [0.25, 0.3) is 11.5 Å². The van der Waals surface area contributed by atoms with Crippen LogP contribution in [0, 0.1) is 0 Å². The smallest absolute Gasteiger partial charge is 0.246 e. The molecule has 0 unspecified atom stereocenters. The summed E-state index contributed by atoms with van der Waals surface area (Å²) in [6, 6.07) is 5.70. The molecule has 1 amide bonds. The molecule has 0 aliphatic carbocycles. The molecule has 0 aliphatic rings. The van der Waals surface area contributed by atoms with Crippen LogP contribution in [0.1, 0.15) is 6.92 Å². The van der Waals surface area contributed by atoms with E-state index in [-0.39, 0.29) is 12.5 Å². The standard InChI is InChI=1S/C14H18N4O2/c1-2-20-11-13(19)16-7-9-18-10-8-17-14(18)12-5-3-4-6-15-12/h3-6,8,10H,2,7,9,11H2,1H3,(H,16,19). The molecule has 0 aromatic carbocycles. The van der Waals surface area contributed by atoms with Gasteiger partial charge in [0.25, 0.3) is 0 Å². The van der Waals surface area contributed by atoms with Gasteiger partial charge in [0.2, 0.25) is 5.91 Å². The third kappa shape index (κ3) is 3.89. The fraction of sp³-hybridized carbons (Fsp3) is 0.357. The molecule has 0 bridgehead atoms. The number of rotatable bonds is 7. The monoisotopic (exact) mass is 274 g/mol. The van der Waals surface area contributed by atoms with Gasteiger partial charge in [0.05, 0.1) is 0 Å². The van der Waals surface area contributed by atoms with Gasteiger partial charge in [-0.25, -0.2) is 4.98 Å². The lowest BCUT2D eigenvalue weighted by Crippen LogP contribution is -2.30. The number of ether oxygens (including phenoxy) is 1. The van der Waals surface area contributed by atoms with Crippen LogP contribution in [0.15, 0.2) is 36.8 Å². The molecule has 0 radical (unpaired) electrons. The summed E-state index contributed by atoms with van der Waals surface area (Å²) in [6.45, 7) is 3.68. The Bertz CT molecular complexity index is 539. The van der Waals surface area contributed by atoms with E-state index in [2.05, 4.69) is 15.3 Å². The van der Waals surface area contributed by atoms with E-state index in [0.29, 0.717) is 19.7 Å². The fourth-order valence-corrected chi connectivity index (χ4v) is 1.78. The number of nitrogens with zero attached hydrogens (tertiary/aromatic N) is 3. The van der Waals surface area contributed by atoms with Crippen molar-refractivity contribution in [3.05, 3.63) is 36.8 Å². The average Bonchev–Trinajstić information content (AvgIpc) is 2.94. The predicted molar refractivity (Wildman–Crippen MR) is 75.0 cm³/mol. The van der Waals surface area contributed by atoms with Crippen molar-refractivity contribution in [2.24, 2.45) is 0 Å². The van der Waals surface area contributed by atoms with Crippen molar-refractivity contribution in [1.82, 2.24) is 19.9 Å². The van der Waals surface area contributed by atoms with Crippen LogP contribution in [-0.2, 0) is 16.1 Å². The molecule has 2 aromatic heterocycles. The minimum atomic E-state index is -0.105. The molecule has 106 valence electrons. The molecule has 0 aliphatic heterocycles. The van der Waals surface area contributed by atoms with E-state index < -0.39 is 0 Å². The van der Waals surface area contributed by atoms with Gasteiger partial charge in [-0.1, -0.05) is 6.07 Å². The summed E-state index contributed by atoms with van der Waals surface area (Å²) in [4.78, 5) is 20.0. The van der Waals surface area contributed by atoms with Gasteiger partial charge in [-0.3, -0.25) is 9.78 Å². The van der Waals surface area contributed by atoms with Gasteiger partial charge >= 0.3 is 0 Å². The van der Waals surface area contributed by atoms with E-state index in [1.165, 1.54) is 0 Å². The lowest BCUT2D eigenvalue weighted by molar-refractivity contribution is -0.125. The van der Waals surface area contributed by atoms with Gasteiger partial charge in [0.15, 0.2) is 5.82 Å². The number of carbonyl (C=O) groups is 1. The van der Waals surface area contributed by atoms with Gasteiger partial charge in [0, 0.05) is 38.3 Å². The van der Waals surface area contributed by atoms with Gasteiger partial charge < -0.3 is 14.6 Å². The molecule has 2 rings (SSSR count). The van der Waals surface area contributed by atoms with Crippen molar-refractivity contribution in [3.63, 3.8) is 0 Å². The Hall–Kier alpha value is -2.21. The van der Waals surface area contributed by atoms with Gasteiger partial charge in [-0.2, -0.15) is 0 Å². The molecule has 1 N–H and O–H groups in total. The third-order valence-corrected chi connectivity index (χ3v) is 2.72. The number of amides is 1. The minimum Gasteiger partial charge on any atom is -0.372 e. The maximum Gasteiger partial charge on any atom is 0.246 e. The van der Waals surface area contributed by atoms with Crippen molar-refractivity contribution in [2.75, 3.05) is 19.8 Å². The molecule has 6 nitrogen and oxygen atoms in total. The molecular weight excluding hydrogens is 256 g/mol. The largest absolute Gasteiger partial charge is 0.372 e.